The van der Waals surface area contributed by atoms with Crippen LogP contribution in [0.25, 0.3) is 11.5 Å². The predicted octanol–water partition coefficient (Wildman–Crippen LogP) is 2.37. The van der Waals surface area contributed by atoms with Crippen molar-refractivity contribution in [3.05, 3.63) is 36.0 Å². The maximum atomic E-state index is 10.6. The van der Waals surface area contributed by atoms with E-state index in [-0.39, 0.29) is 6.42 Å². The lowest BCUT2D eigenvalue weighted by Gasteiger charge is -1.99. The molecule has 1 heterocycles. The van der Waals surface area contributed by atoms with E-state index in [1.165, 1.54) is 6.20 Å². The van der Waals surface area contributed by atoms with E-state index < -0.39 is 5.97 Å². The molecule has 2 rings (SSSR count). The van der Waals surface area contributed by atoms with Gasteiger partial charge < -0.3 is 14.3 Å². The summed E-state index contributed by atoms with van der Waals surface area (Å²) in [6.45, 7) is 2.38. The topological polar surface area (TPSA) is 72.6 Å². The molecule has 0 bridgehead atoms. The molecule has 0 amide bonds. The summed E-state index contributed by atoms with van der Waals surface area (Å²) in [5, 5.41) is 8.67. The Morgan fingerprint density at radius 2 is 2.11 bits per heavy atom. The van der Waals surface area contributed by atoms with E-state index in [0.29, 0.717) is 18.4 Å². The summed E-state index contributed by atoms with van der Waals surface area (Å²) in [5.41, 5.74) is 1.53. The number of nitrogens with zero attached hydrogens (tertiary/aromatic N) is 1. The van der Waals surface area contributed by atoms with E-state index in [1.54, 1.807) is 24.3 Å². The minimum Gasteiger partial charge on any atom is -0.481 e. The Labute approximate surface area is 104 Å². The summed E-state index contributed by atoms with van der Waals surface area (Å²) in [6, 6.07) is 7.04. The van der Waals surface area contributed by atoms with Gasteiger partial charge in [-0.05, 0) is 24.6 Å². The van der Waals surface area contributed by atoms with E-state index in [0.717, 1.165) is 11.1 Å². The molecule has 1 aromatic carbocycles. The van der Waals surface area contributed by atoms with Gasteiger partial charge in [0.25, 0.3) is 0 Å². The van der Waals surface area contributed by atoms with Crippen LogP contribution in [-0.2, 0) is 11.2 Å². The lowest BCUT2D eigenvalue weighted by molar-refractivity contribution is -0.136. The van der Waals surface area contributed by atoms with Gasteiger partial charge in [-0.3, -0.25) is 4.79 Å². The lowest BCUT2D eigenvalue weighted by Crippen LogP contribution is -1.99. The molecule has 0 saturated carbocycles. The maximum absolute atomic E-state index is 10.6. The second-order valence-electron chi connectivity index (χ2n) is 3.68. The number of carboxylic acids is 1. The molecule has 1 N–H and O–H groups in total. The zero-order chi connectivity index (χ0) is 13.0. The number of rotatable bonds is 5. The van der Waals surface area contributed by atoms with Crippen molar-refractivity contribution in [2.24, 2.45) is 0 Å². The number of carboxylic acid groups (broad SMARTS) is 1. The molecule has 2 aromatic rings. The average Bonchev–Trinajstić information content (AvgIpc) is 2.78. The third-order valence-electron chi connectivity index (χ3n) is 2.33. The number of hydrogen-bond acceptors (Lipinski definition) is 4. The number of oxazole rings is 1. The largest absolute Gasteiger partial charge is 0.481 e. The van der Waals surface area contributed by atoms with Crippen LogP contribution in [0.3, 0.4) is 0 Å². The fourth-order valence-corrected chi connectivity index (χ4v) is 1.54. The molecule has 5 nitrogen and oxygen atoms in total. The second kappa shape index (κ2) is 5.35. The van der Waals surface area contributed by atoms with Gasteiger partial charge in [0.2, 0.25) is 5.89 Å². The number of aliphatic carboxylic acids is 1. The summed E-state index contributed by atoms with van der Waals surface area (Å²) in [5.74, 6) is -0.0139. The monoisotopic (exact) mass is 247 g/mol. The highest BCUT2D eigenvalue weighted by atomic mass is 16.6. The van der Waals surface area contributed by atoms with Crippen LogP contribution >= 0.6 is 0 Å². The highest BCUT2D eigenvalue weighted by Crippen LogP contribution is 2.23. The van der Waals surface area contributed by atoms with Crippen molar-refractivity contribution in [1.29, 1.82) is 0 Å². The maximum Gasteiger partial charge on any atom is 0.307 e. The second-order valence-corrected chi connectivity index (χ2v) is 3.68. The molecule has 0 aliphatic carbocycles. The standard InChI is InChI=1S/C13H13NO4/c1-2-17-12-8-14-13(18-12)10-5-3-9(4-6-10)7-11(15)16/h3-6,8H,2,7H2,1H3,(H,15,16). The van der Waals surface area contributed by atoms with Gasteiger partial charge in [-0.25, -0.2) is 4.98 Å². The first kappa shape index (κ1) is 12.2. The van der Waals surface area contributed by atoms with Crippen LogP contribution in [0.2, 0.25) is 0 Å². The van der Waals surface area contributed by atoms with Crippen LogP contribution in [0.5, 0.6) is 5.95 Å². The molecule has 0 spiro atoms. The number of aromatic nitrogens is 1. The molecule has 0 atom stereocenters. The molecule has 0 unspecified atom stereocenters. The van der Waals surface area contributed by atoms with E-state index in [4.69, 9.17) is 14.3 Å². The molecule has 18 heavy (non-hydrogen) atoms. The first-order chi connectivity index (χ1) is 8.69. The molecule has 94 valence electrons. The van der Waals surface area contributed by atoms with Crippen molar-refractivity contribution < 1.29 is 19.1 Å². The highest BCUT2D eigenvalue weighted by molar-refractivity contribution is 5.70. The fourth-order valence-electron chi connectivity index (χ4n) is 1.54. The Balaban J connectivity index is 2.15. The van der Waals surface area contributed by atoms with Gasteiger partial charge in [0.1, 0.15) is 6.20 Å². The average molecular weight is 247 g/mol. The normalized spacial score (nSPS) is 10.3. The van der Waals surface area contributed by atoms with Gasteiger partial charge in [-0.1, -0.05) is 12.1 Å². The van der Waals surface area contributed by atoms with Crippen molar-refractivity contribution in [3.63, 3.8) is 0 Å². The number of benzene rings is 1. The number of carbonyl (C=O) groups is 1. The minimum atomic E-state index is -0.850. The summed E-state index contributed by atoms with van der Waals surface area (Å²) < 4.78 is 10.6. The van der Waals surface area contributed by atoms with Crippen LogP contribution < -0.4 is 4.74 Å². The van der Waals surface area contributed by atoms with Crippen LogP contribution in [0.1, 0.15) is 12.5 Å². The SMILES string of the molecule is CCOc1cnc(-c2ccc(CC(=O)O)cc2)o1. The Morgan fingerprint density at radius 1 is 1.39 bits per heavy atom. The minimum absolute atomic E-state index is 0.00998. The molecule has 0 aliphatic rings. The Hall–Kier alpha value is -2.30. The predicted molar refractivity (Wildman–Crippen MR) is 64.4 cm³/mol. The molecule has 0 saturated heterocycles. The van der Waals surface area contributed by atoms with Crippen LogP contribution in [0.15, 0.2) is 34.9 Å². The van der Waals surface area contributed by atoms with Crippen molar-refractivity contribution in [1.82, 2.24) is 4.98 Å². The first-order valence-corrected chi connectivity index (χ1v) is 5.58. The molecule has 0 radical (unpaired) electrons. The molecular weight excluding hydrogens is 234 g/mol. The molecule has 0 fully saturated rings. The van der Waals surface area contributed by atoms with Crippen LogP contribution in [0, 0.1) is 0 Å². The third kappa shape index (κ3) is 2.88. The Bertz CT molecular complexity index is 530. The van der Waals surface area contributed by atoms with E-state index in [9.17, 15) is 4.79 Å². The quantitative estimate of drug-likeness (QED) is 0.878. The van der Waals surface area contributed by atoms with Gasteiger partial charge in [-0.2, -0.15) is 0 Å². The summed E-state index contributed by atoms with van der Waals surface area (Å²) >= 11 is 0. The fraction of sp³-hybridized carbons (Fsp3) is 0.231. The molecule has 1 aromatic heterocycles. The van der Waals surface area contributed by atoms with E-state index in [1.807, 2.05) is 6.92 Å². The number of ether oxygens (including phenoxy) is 1. The number of hydrogen-bond donors (Lipinski definition) is 1. The Kier molecular flexibility index (Phi) is 3.62. The van der Waals surface area contributed by atoms with Gasteiger partial charge in [0.05, 0.1) is 13.0 Å². The zero-order valence-corrected chi connectivity index (χ0v) is 9.92. The van der Waals surface area contributed by atoms with Crippen molar-refractivity contribution in [2.45, 2.75) is 13.3 Å². The molecule has 0 aliphatic heterocycles. The first-order valence-electron chi connectivity index (χ1n) is 5.58. The zero-order valence-electron chi connectivity index (χ0n) is 9.92. The van der Waals surface area contributed by atoms with E-state index in [2.05, 4.69) is 4.98 Å². The van der Waals surface area contributed by atoms with E-state index >= 15 is 0 Å². The lowest BCUT2D eigenvalue weighted by atomic mass is 10.1. The summed E-state index contributed by atoms with van der Waals surface area (Å²) in [4.78, 5) is 14.6. The summed E-state index contributed by atoms with van der Waals surface area (Å²) in [6.07, 6.45) is 1.53. The van der Waals surface area contributed by atoms with Gasteiger partial charge in [0.15, 0.2) is 0 Å². The van der Waals surface area contributed by atoms with Crippen molar-refractivity contribution >= 4 is 5.97 Å². The van der Waals surface area contributed by atoms with Gasteiger partial charge in [-0.15, -0.1) is 0 Å². The molecular formula is C13H13NO4. The highest BCUT2D eigenvalue weighted by Gasteiger charge is 2.07. The van der Waals surface area contributed by atoms with Crippen LogP contribution in [0.4, 0.5) is 0 Å². The van der Waals surface area contributed by atoms with Gasteiger partial charge in [0, 0.05) is 5.56 Å². The summed E-state index contributed by atoms with van der Waals surface area (Å²) in [7, 11) is 0. The van der Waals surface area contributed by atoms with Crippen LogP contribution in [-0.4, -0.2) is 22.7 Å². The smallest absolute Gasteiger partial charge is 0.307 e. The Morgan fingerprint density at radius 3 is 2.72 bits per heavy atom. The van der Waals surface area contributed by atoms with Gasteiger partial charge >= 0.3 is 11.9 Å². The van der Waals surface area contributed by atoms with Crippen molar-refractivity contribution in [3.8, 4) is 17.4 Å². The van der Waals surface area contributed by atoms with Crippen molar-refractivity contribution in [2.75, 3.05) is 6.61 Å². The molecule has 5 heteroatoms. The third-order valence-corrected chi connectivity index (χ3v) is 2.33.